The summed E-state index contributed by atoms with van der Waals surface area (Å²) in [6.45, 7) is 10.4. The normalized spacial score (nSPS) is 32.8. The molecule has 2 saturated heterocycles. The number of rotatable bonds is 14. The van der Waals surface area contributed by atoms with Crippen LogP contribution in [0.15, 0.2) is 84.6 Å². The summed E-state index contributed by atoms with van der Waals surface area (Å²) in [5.74, 6) is -5.50. The Hall–Kier alpha value is -3.16. The fraction of sp³-hybridized carbons (Fsp3) is 0.543. The van der Waals surface area contributed by atoms with Crippen LogP contribution >= 0.6 is 0 Å². The Morgan fingerprint density at radius 2 is 1.63 bits per heavy atom. The summed E-state index contributed by atoms with van der Waals surface area (Å²) in [5.41, 5.74) is -0.284. The molecule has 0 radical (unpaired) electrons. The average molecular weight is 646 g/mol. The molecule has 0 aliphatic carbocycles. The quantitative estimate of drug-likeness (QED) is 0.109. The number of carbonyl (C=O) groups excluding carboxylic acids is 1. The van der Waals surface area contributed by atoms with Gasteiger partial charge in [0.15, 0.2) is 0 Å². The van der Waals surface area contributed by atoms with Gasteiger partial charge in [0.05, 0.1) is 36.4 Å². The van der Waals surface area contributed by atoms with Crippen molar-refractivity contribution in [1.29, 1.82) is 0 Å². The molecule has 0 spiro atoms. The van der Waals surface area contributed by atoms with Crippen molar-refractivity contribution in [1.82, 2.24) is 5.32 Å². The van der Waals surface area contributed by atoms with Crippen LogP contribution in [0.4, 0.5) is 0 Å². The Kier molecular flexibility index (Phi) is 15.0. The number of ether oxygens (including phenoxy) is 2. The van der Waals surface area contributed by atoms with E-state index in [1.54, 1.807) is 81.5 Å². The van der Waals surface area contributed by atoms with Crippen LogP contribution in [0, 0.1) is 17.3 Å². The number of aliphatic carboxylic acids is 1. The van der Waals surface area contributed by atoms with Crippen LogP contribution in [0.1, 0.15) is 48.0 Å². The van der Waals surface area contributed by atoms with Crippen molar-refractivity contribution in [3.8, 4) is 0 Å². The fourth-order valence-electron chi connectivity index (χ4n) is 5.33. The first-order valence-electron chi connectivity index (χ1n) is 15.5. The Balaban J connectivity index is 1.93. The summed E-state index contributed by atoms with van der Waals surface area (Å²) in [6.07, 6.45) is 14.8. The van der Waals surface area contributed by atoms with E-state index in [0.717, 1.165) is 6.08 Å². The summed E-state index contributed by atoms with van der Waals surface area (Å²) in [5, 5.41) is 65.4. The third-order valence-corrected chi connectivity index (χ3v) is 8.64. The molecule has 0 bridgehead atoms. The average Bonchev–Trinajstić information content (AvgIpc) is 3.38. The minimum absolute atomic E-state index is 0.0932. The molecular weight excluding hydrogens is 594 g/mol. The summed E-state index contributed by atoms with van der Waals surface area (Å²) in [4.78, 5) is 23.4. The van der Waals surface area contributed by atoms with Crippen LogP contribution in [0.3, 0.4) is 0 Å². The van der Waals surface area contributed by atoms with Gasteiger partial charge in [-0.2, -0.15) is 0 Å². The third kappa shape index (κ3) is 10.2. The molecule has 11 nitrogen and oxygen atoms in total. The van der Waals surface area contributed by atoms with Gasteiger partial charge in [-0.25, -0.2) is 4.79 Å². The molecule has 7 N–H and O–H groups in total. The van der Waals surface area contributed by atoms with Crippen molar-refractivity contribution < 1.29 is 49.7 Å². The number of carbonyl (C=O) groups is 2. The number of carboxylic acids is 1. The lowest BCUT2D eigenvalue weighted by atomic mass is 9.71. The standard InChI is InChI=1S/C35H51NO10/c1-7-8-11-18-28-34(5,6)31(41)32(42)35(44,46-28)24(4)33(43)36-20-15-14-16-22(2)30(40)23(3)27-21-25(37)26(45-27)17-12-9-10-13-19-29(38)39/h7-19,23-28,30-32,37,40-42,44H,20-21H2,1-6H3,(H,36,43)(H,38,39)/b8-7-,10-9+,15-14+,17-12+,18-11+,19-13+,22-16+/t23-,24+,25+,26-,27+,28-,30-,31-,32+,35+/m0/s1. The molecule has 0 unspecified atom stereocenters. The summed E-state index contributed by atoms with van der Waals surface area (Å²) < 4.78 is 11.8. The Labute approximate surface area is 271 Å². The lowest BCUT2D eigenvalue weighted by molar-refractivity contribution is -0.357. The van der Waals surface area contributed by atoms with Crippen LogP contribution in [-0.4, -0.2) is 97.6 Å². The van der Waals surface area contributed by atoms with Crippen molar-refractivity contribution in [2.45, 2.75) is 96.5 Å². The molecular formula is C35H51NO10. The molecule has 0 aromatic heterocycles. The highest BCUT2D eigenvalue weighted by atomic mass is 16.7. The second-order valence-corrected chi connectivity index (χ2v) is 12.4. The molecule has 2 aliphatic heterocycles. The SMILES string of the molecule is C/C=C\C=C\[C@@H]1O[C@](O)([C@H](C)C(=O)NC/C=C/C=C(\C)[C@H](O)[C@@H](C)[C@H]2C[C@@H](O)[C@H](/C=C/C=C/C=C/C(=O)O)O2)[C@H](O)[C@H](O)C1(C)C. The number of hydrogen-bond donors (Lipinski definition) is 7. The van der Waals surface area contributed by atoms with Crippen LogP contribution in [0.5, 0.6) is 0 Å². The zero-order chi connectivity index (χ0) is 34.7. The number of amides is 1. The lowest BCUT2D eigenvalue weighted by Crippen LogP contribution is -2.68. The smallest absolute Gasteiger partial charge is 0.328 e. The second kappa shape index (κ2) is 17.7. The highest BCUT2D eigenvalue weighted by molar-refractivity contribution is 5.80. The van der Waals surface area contributed by atoms with Crippen molar-refractivity contribution >= 4 is 11.9 Å². The zero-order valence-electron chi connectivity index (χ0n) is 27.4. The van der Waals surface area contributed by atoms with E-state index in [2.05, 4.69) is 5.32 Å². The van der Waals surface area contributed by atoms with E-state index in [-0.39, 0.29) is 12.5 Å². The Bertz CT molecular complexity index is 1230. The highest BCUT2D eigenvalue weighted by Crippen LogP contribution is 2.43. The summed E-state index contributed by atoms with van der Waals surface area (Å²) >= 11 is 0. The zero-order valence-corrected chi connectivity index (χ0v) is 27.4. The molecule has 2 heterocycles. The topological polar surface area (TPSA) is 186 Å². The second-order valence-electron chi connectivity index (χ2n) is 12.4. The first-order valence-corrected chi connectivity index (χ1v) is 15.5. The molecule has 1 amide bonds. The van der Waals surface area contributed by atoms with Crippen molar-refractivity contribution in [3.63, 3.8) is 0 Å². The number of allylic oxidation sites excluding steroid dienone is 9. The van der Waals surface area contributed by atoms with Gasteiger partial charge in [0, 0.05) is 30.4 Å². The molecule has 11 heteroatoms. The number of hydrogen-bond acceptors (Lipinski definition) is 9. The maximum absolute atomic E-state index is 12.9. The number of aliphatic hydroxyl groups is 5. The largest absolute Gasteiger partial charge is 0.478 e. The van der Waals surface area contributed by atoms with Gasteiger partial charge < -0.3 is 45.4 Å². The number of carboxylic acid groups (broad SMARTS) is 1. The molecule has 2 rings (SSSR count). The monoisotopic (exact) mass is 645 g/mol. The maximum atomic E-state index is 12.9. The van der Waals surface area contributed by atoms with Crippen molar-refractivity contribution in [3.05, 3.63) is 84.6 Å². The number of nitrogens with one attached hydrogen (secondary N) is 1. The maximum Gasteiger partial charge on any atom is 0.328 e. The highest BCUT2D eigenvalue weighted by Gasteiger charge is 2.59. The third-order valence-electron chi connectivity index (χ3n) is 8.64. The molecule has 0 saturated carbocycles. The van der Waals surface area contributed by atoms with E-state index in [9.17, 15) is 35.1 Å². The number of aliphatic hydroxyl groups excluding tert-OH is 4. The van der Waals surface area contributed by atoms with Crippen LogP contribution in [0.2, 0.25) is 0 Å². The minimum Gasteiger partial charge on any atom is -0.478 e. The first-order chi connectivity index (χ1) is 21.6. The van der Waals surface area contributed by atoms with E-state index < -0.39 is 71.7 Å². The van der Waals surface area contributed by atoms with Gasteiger partial charge in [-0.15, -0.1) is 0 Å². The Morgan fingerprint density at radius 3 is 2.28 bits per heavy atom. The molecule has 0 aromatic rings. The molecule has 0 aromatic carbocycles. The van der Waals surface area contributed by atoms with Crippen molar-refractivity contribution in [2.75, 3.05) is 6.54 Å². The minimum atomic E-state index is -2.33. The van der Waals surface area contributed by atoms with Gasteiger partial charge in [0.1, 0.15) is 12.2 Å². The predicted octanol–water partition coefficient (Wildman–Crippen LogP) is 2.48. The molecule has 46 heavy (non-hydrogen) atoms. The van der Waals surface area contributed by atoms with Crippen molar-refractivity contribution in [2.24, 2.45) is 17.3 Å². The van der Waals surface area contributed by atoms with E-state index >= 15 is 0 Å². The van der Waals surface area contributed by atoms with Crippen LogP contribution < -0.4 is 5.32 Å². The van der Waals surface area contributed by atoms with Gasteiger partial charge in [0.2, 0.25) is 11.7 Å². The first kappa shape index (κ1) is 39.0. The van der Waals surface area contributed by atoms with Crippen LogP contribution in [0.25, 0.3) is 0 Å². The molecule has 10 atom stereocenters. The van der Waals surface area contributed by atoms with E-state index in [1.807, 2.05) is 19.9 Å². The van der Waals surface area contributed by atoms with Gasteiger partial charge in [-0.1, -0.05) is 93.7 Å². The van der Waals surface area contributed by atoms with E-state index in [1.165, 1.54) is 13.0 Å². The van der Waals surface area contributed by atoms with Gasteiger partial charge in [-0.3, -0.25) is 4.79 Å². The van der Waals surface area contributed by atoms with E-state index in [4.69, 9.17) is 14.6 Å². The Morgan fingerprint density at radius 1 is 0.978 bits per heavy atom. The summed E-state index contributed by atoms with van der Waals surface area (Å²) in [7, 11) is 0. The van der Waals surface area contributed by atoms with Crippen LogP contribution in [-0.2, 0) is 19.1 Å². The molecule has 2 fully saturated rings. The fourth-order valence-corrected chi connectivity index (χ4v) is 5.33. The lowest BCUT2D eigenvalue weighted by Gasteiger charge is -2.52. The van der Waals surface area contributed by atoms with E-state index in [0.29, 0.717) is 12.0 Å². The van der Waals surface area contributed by atoms with Gasteiger partial charge in [-0.05, 0) is 26.3 Å². The van der Waals surface area contributed by atoms with Gasteiger partial charge in [0.25, 0.3) is 0 Å². The molecule has 256 valence electrons. The molecule has 2 aliphatic rings. The van der Waals surface area contributed by atoms with Gasteiger partial charge >= 0.3 is 5.97 Å². The predicted molar refractivity (Wildman–Crippen MR) is 174 cm³/mol. The summed E-state index contributed by atoms with van der Waals surface area (Å²) in [6, 6.07) is 0.